The highest BCUT2D eigenvalue weighted by Gasteiger charge is 2.37. The number of ether oxygens (including phenoxy) is 1. The van der Waals surface area contributed by atoms with Crippen molar-refractivity contribution in [2.24, 2.45) is 16.6 Å². The fraction of sp³-hybridized carbons (Fsp3) is 0.367. The molecule has 1 aromatic heterocycles. The second kappa shape index (κ2) is 9.89. The summed E-state index contributed by atoms with van der Waals surface area (Å²) >= 11 is 0. The Morgan fingerprint density at radius 2 is 1.97 bits per heavy atom. The van der Waals surface area contributed by atoms with Crippen molar-refractivity contribution >= 4 is 30.6 Å². The first-order valence-electron chi connectivity index (χ1n) is 13.3. The molecule has 2 heterocycles. The molecule has 3 aliphatic rings. The molecule has 3 aromatic rings. The van der Waals surface area contributed by atoms with Crippen LogP contribution in [-0.4, -0.2) is 37.5 Å². The minimum absolute atomic E-state index is 0.148. The summed E-state index contributed by atoms with van der Waals surface area (Å²) in [6.07, 6.45) is 7.69. The Kier molecular flexibility index (Phi) is 6.42. The molecule has 0 saturated heterocycles. The standard InChI is InChI=1S/C30H31BFN4O2/c1-38-26-12-16(10-19(28(26)33)15-35-21-8-9-21)11-22(17-2-3-17)25-13-23-24(30(34)37)14-31-27(23)29(36-25)18-4-6-20(32)7-5-18/h4-7,10,12-13,15,17,21-22,24H,2-3,8-9,11,14,33H2,1H3,(H2,34,37). The lowest BCUT2D eigenvalue weighted by molar-refractivity contribution is -0.119. The average molecular weight is 509 g/mol. The topological polar surface area (TPSA) is 104 Å². The number of nitrogens with zero attached hydrogens (tertiary/aromatic N) is 2. The summed E-state index contributed by atoms with van der Waals surface area (Å²) in [6.45, 7) is 0. The number of aromatic nitrogens is 1. The highest BCUT2D eigenvalue weighted by atomic mass is 19.1. The van der Waals surface area contributed by atoms with Gasteiger partial charge in [-0.25, -0.2) is 4.39 Å². The largest absolute Gasteiger partial charge is 0.495 e. The maximum Gasteiger partial charge on any atom is 0.224 e. The van der Waals surface area contributed by atoms with Crippen molar-refractivity contribution in [2.75, 3.05) is 12.8 Å². The van der Waals surface area contributed by atoms with Gasteiger partial charge in [0.05, 0.1) is 30.5 Å². The molecule has 2 aliphatic carbocycles. The summed E-state index contributed by atoms with van der Waals surface area (Å²) in [5, 5.41) is 0. The number of hydrogen-bond donors (Lipinski definition) is 2. The molecule has 2 unspecified atom stereocenters. The first-order chi connectivity index (χ1) is 18.4. The molecule has 6 rings (SSSR count). The van der Waals surface area contributed by atoms with Crippen molar-refractivity contribution in [1.29, 1.82) is 0 Å². The van der Waals surface area contributed by atoms with Gasteiger partial charge in [0.2, 0.25) is 5.91 Å². The van der Waals surface area contributed by atoms with E-state index in [9.17, 15) is 9.18 Å². The van der Waals surface area contributed by atoms with Crippen LogP contribution in [0, 0.1) is 11.7 Å². The fourth-order valence-electron chi connectivity index (χ4n) is 5.52. The lowest BCUT2D eigenvalue weighted by Gasteiger charge is -2.21. The fourth-order valence-corrected chi connectivity index (χ4v) is 5.52. The van der Waals surface area contributed by atoms with Gasteiger partial charge in [-0.15, -0.1) is 0 Å². The SMILES string of the molecule is COc1cc(CC(c2cc3c(c(-c4ccc(F)cc4)n2)[B]CC3C(N)=O)C2CC2)cc(C=NC2CC2)c1N. The minimum Gasteiger partial charge on any atom is -0.495 e. The van der Waals surface area contributed by atoms with Crippen LogP contribution in [0.2, 0.25) is 6.32 Å². The lowest BCUT2D eigenvalue weighted by Crippen LogP contribution is -2.23. The predicted octanol–water partition coefficient (Wildman–Crippen LogP) is 4.13. The van der Waals surface area contributed by atoms with Gasteiger partial charge >= 0.3 is 0 Å². The Balaban J connectivity index is 1.42. The van der Waals surface area contributed by atoms with E-state index in [-0.39, 0.29) is 23.6 Å². The summed E-state index contributed by atoms with van der Waals surface area (Å²) in [4.78, 5) is 22.1. The number of aliphatic imine (C=N–C) groups is 1. The predicted molar refractivity (Wildman–Crippen MR) is 149 cm³/mol. The number of benzene rings is 2. The third kappa shape index (κ3) is 4.92. The highest BCUT2D eigenvalue weighted by Crippen LogP contribution is 2.45. The molecule has 1 aliphatic heterocycles. The van der Waals surface area contributed by atoms with Gasteiger partial charge in [0.25, 0.3) is 0 Å². The molecule has 8 heteroatoms. The number of rotatable bonds is 9. The number of carbonyl (C=O) groups is 1. The molecule has 4 N–H and O–H groups in total. The van der Waals surface area contributed by atoms with E-state index < -0.39 is 0 Å². The second-order valence-electron chi connectivity index (χ2n) is 10.8. The van der Waals surface area contributed by atoms with E-state index in [2.05, 4.69) is 17.1 Å². The van der Waals surface area contributed by atoms with Crippen molar-refractivity contribution in [3.8, 4) is 17.0 Å². The monoisotopic (exact) mass is 509 g/mol. The number of nitrogen functional groups attached to an aromatic ring is 1. The van der Waals surface area contributed by atoms with Gasteiger partial charge in [-0.05, 0) is 97.2 Å². The second-order valence-corrected chi connectivity index (χ2v) is 10.8. The molecule has 1 amide bonds. The quantitative estimate of drug-likeness (QED) is 0.257. The van der Waals surface area contributed by atoms with E-state index in [0.29, 0.717) is 29.7 Å². The van der Waals surface area contributed by atoms with E-state index >= 15 is 0 Å². The molecule has 2 saturated carbocycles. The van der Waals surface area contributed by atoms with E-state index in [1.807, 2.05) is 19.6 Å². The molecule has 38 heavy (non-hydrogen) atoms. The van der Waals surface area contributed by atoms with Gasteiger partial charge in [-0.1, -0.05) is 11.8 Å². The Labute approximate surface area is 222 Å². The molecule has 0 bridgehead atoms. The van der Waals surface area contributed by atoms with Crippen LogP contribution >= 0.6 is 0 Å². The van der Waals surface area contributed by atoms with Gasteiger partial charge < -0.3 is 16.2 Å². The summed E-state index contributed by atoms with van der Waals surface area (Å²) in [7, 11) is 3.66. The number of fused-ring (bicyclic) bond motifs is 1. The van der Waals surface area contributed by atoms with E-state index in [1.165, 1.54) is 12.1 Å². The van der Waals surface area contributed by atoms with Crippen LogP contribution in [0.5, 0.6) is 5.75 Å². The Bertz CT molecular complexity index is 1420. The number of halogens is 1. The third-order valence-electron chi connectivity index (χ3n) is 7.96. The van der Waals surface area contributed by atoms with Crippen LogP contribution in [0.1, 0.15) is 59.9 Å². The van der Waals surface area contributed by atoms with Crippen molar-refractivity contribution < 1.29 is 13.9 Å². The van der Waals surface area contributed by atoms with Crippen LogP contribution in [0.4, 0.5) is 10.1 Å². The van der Waals surface area contributed by atoms with Crippen LogP contribution in [-0.2, 0) is 11.2 Å². The molecule has 2 atom stereocenters. The highest BCUT2D eigenvalue weighted by molar-refractivity contribution is 6.58. The van der Waals surface area contributed by atoms with Crippen LogP contribution in [0.25, 0.3) is 11.3 Å². The molecule has 193 valence electrons. The van der Waals surface area contributed by atoms with Gasteiger partial charge in [-0.2, -0.15) is 0 Å². The molecular formula is C30H31BFN4O2. The van der Waals surface area contributed by atoms with Crippen molar-refractivity contribution in [2.45, 2.75) is 56.3 Å². The maximum absolute atomic E-state index is 13.7. The molecule has 2 fully saturated rings. The van der Waals surface area contributed by atoms with Gasteiger partial charge in [0, 0.05) is 23.4 Å². The number of pyridine rings is 1. The summed E-state index contributed by atoms with van der Waals surface area (Å²) in [6, 6.07) is 13.0. The van der Waals surface area contributed by atoms with Crippen LogP contribution < -0.4 is 21.7 Å². The first-order valence-corrected chi connectivity index (χ1v) is 13.3. The molecule has 1 radical (unpaired) electrons. The number of amides is 1. The first kappa shape index (κ1) is 24.6. The molecule has 0 spiro atoms. The van der Waals surface area contributed by atoms with Gasteiger partial charge in [-0.3, -0.25) is 14.8 Å². The van der Waals surface area contributed by atoms with Gasteiger partial charge in [0.1, 0.15) is 11.6 Å². The summed E-state index contributed by atoms with van der Waals surface area (Å²) in [5.41, 5.74) is 19.1. The van der Waals surface area contributed by atoms with Crippen LogP contribution in [0.15, 0.2) is 47.5 Å². The molecular weight excluding hydrogens is 478 g/mol. The molecule has 6 nitrogen and oxygen atoms in total. The smallest absolute Gasteiger partial charge is 0.224 e. The van der Waals surface area contributed by atoms with Gasteiger partial charge in [0.15, 0.2) is 7.28 Å². The van der Waals surface area contributed by atoms with Crippen molar-refractivity contribution in [1.82, 2.24) is 4.98 Å². The average Bonchev–Trinajstić information content (AvgIpc) is 3.85. The zero-order valence-electron chi connectivity index (χ0n) is 21.5. The summed E-state index contributed by atoms with van der Waals surface area (Å²) in [5.74, 6) is 0.267. The Hall–Kier alpha value is -3.68. The number of anilines is 1. The lowest BCUT2D eigenvalue weighted by atomic mass is 9.69. The number of methoxy groups -OCH3 is 1. The normalized spacial score (nSPS) is 19.3. The number of primary amides is 1. The maximum atomic E-state index is 13.7. The Morgan fingerprint density at radius 1 is 1.21 bits per heavy atom. The zero-order chi connectivity index (χ0) is 26.4. The minimum atomic E-state index is -0.382. The summed E-state index contributed by atoms with van der Waals surface area (Å²) < 4.78 is 19.3. The van der Waals surface area contributed by atoms with Crippen molar-refractivity contribution in [3.05, 3.63) is 70.7 Å². The number of nitrogens with two attached hydrogens (primary N) is 2. The zero-order valence-corrected chi connectivity index (χ0v) is 21.5. The van der Waals surface area contributed by atoms with E-state index in [4.69, 9.17) is 21.2 Å². The van der Waals surface area contributed by atoms with E-state index in [0.717, 1.165) is 71.2 Å². The number of hydrogen-bond acceptors (Lipinski definition) is 5. The third-order valence-corrected chi connectivity index (χ3v) is 7.96. The number of carbonyl (C=O) groups excluding carboxylic acids is 1. The van der Waals surface area contributed by atoms with Crippen molar-refractivity contribution in [3.63, 3.8) is 0 Å². The Morgan fingerprint density at radius 3 is 2.63 bits per heavy atom. The molecule has 2 aromatic carbocycles. The van der Waals surface area contributed by atoms with E-state index in [1.54, 1.807) is 19.2 Å². The van der Waals surface area contributed by atoms with Crippen LogP contribution in [0.3, 0.4) is 0 Å².